The van der Waals surface area contributed by atoms with Gasteiger partial charge < -0.3 is 5.73 Å². The van der Waals surface area contributed by atoms with Crippen molar-refractivity contribution in [3.8, 4) is 0 Å². The second-order valence-electron chi connectivity index (χ2n) is 5.34. The maximum atomic E-state index is 13.4. The predicted molar refractivity (Wildman–Crippen MR) is 82.6 cm³/mol. The maximum Gasteiger partial charge on any atom is 0.142 e. The van der Waals surface area contributed by atoms with Crippen LogP contribution in [0.5, 0.6) is 0 Å². The number of rotatable bonds is 4. The molecule has 1 unspecified atom stereocenters. The van der Waals surface area contributed by atoms with Crippen LogP contribution in [0, 0.1) is 5.82 Å². The highest BCUT2D eigenvalue weighted by Crippen LogP contribution is 2.25. The van der Waals surface area contributed by atoms with E-state index in [1.165, 1.54) is 11.6 Å². The first-order valence-corrected chi connectivity index (χ1v) is 7.15. The van der Waals surface area contributed by atoms with E-state index in [1.54, 1.807) is 6.07 Å². The van der Waals surface area contributed by atoms with Crippen LogP contribution in [-0.2, 0) is 6.42 Å². The van der Waals surface area contributed by atoms with Crippen molar-refractivity contribution in [2.75, 3.05) is 0 Å². The highest BCUT2D eigenvalue weighted by molar-refractivity contribution is 6.31. The van der Waals surface area contributed by atoms with Crippen LogP contribution in [0.25, 0.3) is 0 Å². The molecule has 2 aromatic carbocycles. The molecule has 1 atom stereocenters. The first-order valence-electron chi connectivity index (χ1n) is 6.77. The third-order valence-corrected chi connectivity index (χ3v) is 3.93. The van der Waals surface area contributed by atoms with Gasteiger partial charge in [0.25, 0.3) is 0 Å². The summed E-state index contributed by atoms with van der Waals surface area (Å²) in [6.07, 6.45) is 0.525. The van der Waals surface area contributed by atoms with Gasteiger partial charge in [-0.2, -0.15) is 0 Å². The molecule has 0 aliphatic heterocycles. The zero-order chi connectivity index (χ0) is 14.7. The molecule has 0 saturated carbocycles. The second-order valence-corrected chi connectivity index (χ2v) is 5.72. The van der Waals surface area contributed by atoms with Crippen LogP contribution in [0.1, 0.15) is 42.5 Å². The molecule has 0 heterocycles. The molecule has 0 bridgehead atoms. The van der Waals surface area contributed by atoms with E-state index in [4.69, 9.17) is 17.3 Å². The summed E-state index contributed by atoms with van der Waals surface area (Å²) >= 11 is 5.96. The van der Waals surface area contributed by atoms with Crippen molar-refractivity contribution in [3.05, 3.63) is 70.0 Å². The molecule has 0 fully saturated rings. The van der Waals surface area contributed by atoms with E-state index in [-0.39, 0.29) is 11.1 Å². The maximum absolute atomic E-state index is 13.4. The van der Waals surface area contributed by atoms with Crippen LogP contribution in [0.4, 0.5) is 4.39 Å². The molecule has 20 heavy (non-hydrogen) atoms. The third-order valence-electron chi connectivity index (χ3n) is 3.50. The number of hydrogen-bond acceptors (Lipinski definition) is 1. The average molecular weight is 292 g/mol. The summed E-state index contributed by atoms with van der Waals surface area (Å²) in [5.41, 5.74) is 9.25. The standard InChI is InChI=1S/C17H19ClFN/c1-11(2)12-6-8-13(9-7-12)16(20)10-14-4-3-5-15(19)17(14)18/h3-9,11,16H,10,20H2,1-2H3. The Morgan fingerprint density at radius 2 is 1.65 bits per heavy atom. The number of nitrogens with two attached hydrogens (primary N) is 1. The van der Waals surface area contributed by atoms with Crippen LogP contribution in [0.2, 0.25) is 5.02 Å². The fourth-order valence-corrected chi connectivity index (χ4v) is 2.39. The Morgan fingerprint density at radius 3 is 2.25 bits per heavy atom. The molecule has 0 saturated heterocycles. The van der Waals surface area contributed by atoms with E-state index < -0.39 is 5.82 Å². The van der Waals surface area contributed by atoms with E-state index in [1.807, 2.05) is 18.2 Å². The van der Waals surface area contributed by atoms with Crippen molar-refractivity contribution in [3.63, 3.8) is 0 Å². The molecule has 2 aromatic rings. The molecule has 0 amide bonds. The highest BCUT2D eigenvalue weighted by atomic mass is 35.5. The zero-order valence-electron chi connectivity index (χ0n) is 11.7. The number of halogens is 2. The van der Waals surface area contributed by atoms with E-state index >= 15 is 0 Å². The molecular formula is C17H19ClFN. The third kappa shape index (κ3) is 3.38. The summed E-state index contributed by atoms with van der Waals surface area (Å²) in [6.45, 7) is 4.31. The first-order chi connectivity index (χ1) is 9.49. The molecule has 1 nitrogen and oxygen atoms in total. The molecule has 0 aliphatic rings. The molecule has 2 N–H and O–H groups in total. The quantitative estimate of drug-likeness (QED) is 0.856. The molecule has 2 rings (SSSR count). The minimum absolute atomic E-state index is 0.168. The summed E-state index contributed by atoms with van der Waals surface area (Å²) in [4.78, 5) is 0. The highest BCUT2D eigenvalue weighted by Gasteiger charge is 2.12. The van der Waals surface area contributed by atoms with Crippen molar-refractivity contribution in [1.29, 1.82) is 0 Å². The summed E-state index contributed by atoms with van der Waals surface area (Å²) in [6, 6.07) is 12.9. The lowest BCUT2D eigenvalue weighted by Crippen LogP contribution is -2.13. The van der Waals surface area contributed by atoms with Gasteiger partial charge in [0.15, 0.2) is 0 Å². The zero-order valence-corrected chi connectivity index (χ0v) is 12.5. The normalized spacial score (nSPS) is 12.7. The van der Waals surface area contributed by atoms with E-state index in [0.29, 0.717) is 12.3 Å². The molecule has 0 aliphatic carbocycles. The Bertz CT molecular complexity index is 578. The van der Waals surface area contributed by atoms with Crippen molar-refractivity contribution in [2.45, 2.75) is 32.2 Å². The van der Waals surface area contributed by atoms with Crippen molar-refractivity contribution < 1.29 is 4.39 Å². The van der Waals surface area contributed by atoms with Gasteiger partial charge in [-0.3, -0.25) is 0 Å². The van der Waals surface area contributed by atoms with Gasteiger partial charge in [0.05, 0.1) is 5.02 Å². The van der Waals surface area contributed by atoms with Crippen LogP contribution >= 0.6 is 11.6 Å². The molecule has 106 valence electrons. The van der Waals surface area contributed by atoms with Gasteiger partial charge in [-0.05, 0) is 35.1 Å². The van der Waals surface area contributed by atoms with Gasteiger partial charge in [0, 0.05) is 6.04 Å². The lowest BCUT2D eigenvalue weighted by molar-refractivity contribution is 0.622. The summed E-state index contributed by atoms with van der Waals surface area (Å²) in [7, 11) is 0. The molecular weight excluding hydrogens is 273 g/mol. The topological polar surface area (TPSA) is 26.0 Å². The lowest BCUT2D eigenvalue weighted by Gasteiger charge is -2.15. The van der Waals surface area contributed by atoms with Crippen molar-refractivity contribution in [2.24, 2.45) is 5.73 Å². The summed E-state index contributed by atoms with van der Waals surface area (Å²) in [5.74, 6) is 0.101. The van der Waals surface area contributed by atoms with Gasteiger partial charge >= 0.3 is 0 Å². The molecule has 0 radical (unpaired) electrons. The van der Waals surface area contributed by atoms with Gasteiger partial charge in [-0.15, -0.1) is 0 Å². The van der Waals surface area contributed by atoms with Gasteiger partial charge in [-0.1, -0.05) is 61.8 Å². The van der Waals surface area contributed by atoms with Crippen molar-refractivity contribution >= 4 is 11.6 Å². The number of benzene rings is 2. The lowest BCUT2D eigenvalue weighted by atomic mass is 9.96. The fourth-order valence-electron chi connectivity index (χ4n) is 2.19. The van der Waals surface area contributed by atoms with Crippen LogP contribution < -0.4 is 5.73 Å². The fraction of sp³-hybridized carbons (Fsp3) is 0.294. The smallest absolute Gasteiger partial charge is 0.142 e. The van der Waals surface area contributed by atoms with Crippen LogP contribution in [0.15, 0.2) is 42.5 Å². The second kappa shape index (κ2) is 6.38. The Morgan fingerprint density at radius 1 is 1.05 bits per heavy atom. The van der Waals surface area contributed by atoms with E-state index in [0.717, 1.165) is 11.1 Å². The van der Waals surface area contributed by atoms with Crippen LogP contribution in [-0.4, -0.2) is 0 Å². The largest absolute Gasteiger partial charge is 0.324 e. The minimum atomic E-state index is -0.397. The monoisotopic (exact) mass is 291 g/mol. The van der Waals surface area contributed by atoms with Gasteiger partial charge in [0.2, 0.25) is 0 Å². The van der Waals surface area contributed by atoms with Gasteiger partial charge in [-0.25, -0.2) is 4.39 Å². The van der Waals surface area contributed by atoms with Crippen LogP contribution in [0.3, 0.4) is 0 Å². The van der Waals surface area contributed by atoms with E-state index in [9.17, 15) is 4.39 Å². The number of hydrogen-bond donors (Lipinski definition) is 1. The predicted octanol–water partition coefficient (Wildman–Crippen LogP) is 4.85. The molecule has 3 heteroatoms. The Hall–Kier alpha value is -1.38. The SMILES string of the molecule is CC(C)c1ccc(C(N)Cc2cccc(F)c2Cl)cc1. The molecule has 0 spiro atoms. The minimum Gasteiger partial charge on any atom is -0.324 e. The van der Waals surface area contributed by atoms with Gasteiger partial charge in [0.1, 0.15) is 5.82 Å². The first kappa shape index (κ1) is 15.0. The van der Waals surface area contributed by atoms with Crippen molar-refractivity contribution in [1.82, 2.24) is 0 Å². The summed E-state index contributed by atoms with van der Waals surface area (Å²) < 4.78 is 13.4. The average Bonchev–Trinajstić information content (AvgIpc) is 2.44. The Labute approximate surface area is 124 Å². The summed E-state index contributed by atoms with van der Waals surface area (Å²) in [5, 5.41) is 0.168. The van der Waals surface area contributed by atoms with E-state index in [2.05, 4.69) is 26.0 Å². The Kier molecular flexibility index (Phi) is 4.79. The molecule has 0 aromatic heterocycles. The Balaban J connectivity index is 2.15.